The fourth-order valence-electron chi connectivity index (χ4n) is 3.79. The van der Waals surface area contributed by atoms with E-state index < -0.39 is 0 Å². The fraction of sp³-hybridized carbons (Fsp3) is 0.375. The first kappa shape index (κ1) is 21.8. The zero-order chi connectivity index (χ0) is 21.5. The Balaban J connectivity index is 1.40. The van der Waals surface area contributed by atoms with E-state index in [4.69, 9.17) is 0 Å². The SMILES string of the molecule is O=C(CSc1nc2ccsc2c(=O)n1CCc1ccccc1)NCCC1=CCCCC1. The summed E-state index contributed by atoms with van der Waals surface area (Å²) in [7, 11) is 0. The number of aryl methyl sites for hydroxylation is 1. The molecule has 5 nitrogen and oxygen atoms in total. The number of rotatable bonds is 9. The van der Waals surface area contributed by atoms with Gasteiger partial charge in [-0.25, -0.2) is 4.98 Å². The van der Waals surface area contributed by atoms with Crippen molar-refractivity contribution in [1.29, 1.82) is 0 Å². The van der Waals surface area contributed by atoms with E-state index in [0.29, 0.717) is 28.5 Å². The number of amides is 1. The van der Waals surface area contributed by atoms with Gasteiger partial charge in [-0.3, -0.25) is 14.2 Å². The monoisotopic (exact) mass is 453 g/mol. The summed E-state index contributed by atoms with van der Waals surface area (Å²) in [6.07, 6.45) is 8.84. The largest absolute Gasteiger partial charge is 0.355 e. The van der Waals surface area contributed by atoms with Crippen LogP contribution in [0.25, 0.3) is 10.2 Å². The van der Waals surface area contributed by atoms with Crippen molar-refractivity contribution >= 4 is 39.2 Å². The predicted octanol–water partition coefficient (Wildman–Crippen LogP) is 4.80. The number of thioether (sulfide) groups is 1. The average molecular weight is 454 g/mol. The van der Waals surface area contributed by atoms with Crippen LogP contribution in [0, 0.1) is 0 Å². The van der Waals surface area contributed by atoms with Gasteiger partial charge < -0.3 is 5.32 Å². The van der Waals surface area contributed by atoms with Gasteiger partial charge >= 0.3 is 0 Å². The number of nitrogens with one attached hydrogen (secondary N) is 1. The molecule has 1 amide bonds. The van der Waals surface area contributed by atoms with Crippen LogP contribution in [0.3, 0.4) is 0 Å². The van der Waals surface area contributed by atoms with Crippen molar-refractivity contribution in [3.63, 3.8) is 0 Å². The summed E-state index contributed by atoms with van der Waals surface area (Å²) in [6.45, 7) is 1.21. The Morgan fingerprint density at radius 1 is 1.16 bits per heavy atom. The minimum atomic E-state index is -0.0249. The molecular weight excluding hydrogens is 426 g/mol. The molecule has 4 rings (SSSR count). The smallest absolute Gasteiger partial charge is 0.272 e. The lowest BCUT2D eigenvalue weighted by Crippen LogP contribution is -2.28. The van der Waals surface area contributed by atoms with Crippen LogP contribution in [0.15, 0.2) is 63.4 Å². The first-order chi connectivity index (χ1) is 15.2. The molecule has 0 fully saturated rings. The third-order valence-corrected chi connectivity index (χ3v) is 7.35. The van der Waals surface area contributed by atoms with Gasteiger partial charge in [-0.2, -0.15) is 0 Å². The maximum atomic E-state index is 13.0. The summed E-state index contributed by atoms with van der Waals surface area (Å²) < 4.78 is 2.39. The Kier molecular flexibility index (Phi) is 7.59. The molecule has 2 heterocycles. The van der Waals surface area contributed by atoms with Crippen LogP contribution in [0.4, 0.5) is 0 Å². The van der Waals surface area contributed by atoms with Gasteiger partial charge in [-0.1, -0.05) is 53.7 Å². The Morgan fingerprint density at radius 2 is 2.03 bits per heavy atom. The van der Waals surface area contributed by atoms with Gasteiger partial charge in [0.2, 0.25) is 5.91 Å². The average Bonchev–Trinajstić information content (AvgIpc) is 3.27. The number of fused-ring (bicyclic) bond motifs is 1. The van der Waals surface area contributed by atoms with E-state index in [2.05, 4.69) is 28.5 Å². The van der Waals surface area contributed by atoms with Gasteiger partial charge in [0.05, 0.1) is 11.3 Å². The number of carbonyl (C=O) groups is 1. The van der Waals surface area contributed by atoms with Crippen LogP contribution in [0.2, 0.25) is 0 Å². The molecule has 2 aromatic heterocycles. The van der Waals surface area contributed by atoms with Gasteiger partial charge in [0.25, 0.3) is 5.56 Å². The quantitative estimate of drug-likeness (QED) is 0.287. The van der Waals surface area contributed by atoms with Crippen molar-refractivity contribution in [1.82, 2.24) is 14.9 Å². The van der Waals surface area contributed by atoms with Crippen LogP contribution < -0.4 is 10.9 Å². The topological polar surface area (TPSA) is 64.0 Å². The molecule has 0 unspecified atom stereocenters. The van der Waals surface area contributed by atoms with E-state index >= 15 is 0 Å². The van der Waals surface area contributed by atoms with E-state index in [0.717, 1.165) is 25.7 Å². The zero-order valence-corrected chi connectivity index (χ0v) is 19.1. The summed E-state index contributed by atoms with van der Waals surface area (Å²) in [4.78, 5) is 30.1. The molecule has 1 aromatic carbocycles. The Labute approximate surface area is 190 Å². The second-order valence-electron chi connectivity index (χ2n) is 7.72. The number of benzene rings is 1. The highest BCUT2D eigenvalue weighted by molar-refractivity contribution is 7.99. The second kappa shape index (κ2) is 10.8. The lowest BCUT2D eigenvalue weighted by molar-refractivity contribution is -0.118. The summed E-state index contributed by atoms with van der Waals surface area (Å²) in [5.41, 5.74) is 3.31. The number of hydrogen-bond acceptors (Lipinski definition) is 5. The van der Waals surface area contributed by atoms with Crippen LogP contribution >= 0.6 is 23.1 Å². The highest BCUT2D eigenvalue weighted by atomic mass is 32.2. The van der Waals surface area contributed by atoms with Crippen LogP contribution in [0.1, 0.15) is 37.7 Å². The van der Waals surface area contributed by atoms with Crippen molar-refractivity contribution in [2.24, 2.45) is 0 Å². The van der Waals surface area contributed by atoms with E-state index in [1.54, 1.807) is 4.57 Å². The number of nitrogens with zero attached hydrogens (tertiary/aromatic N) is 2. The van der Waals surface area contributed by atoms with Gasteiger partial charge in [0.1, 0.15) is 4.70 Å². The molecule has 0 atom stereocenters. The molecule has 1 N–H and O–H groups in total. The predicted molar refractivity (Wildman–Crippen MR) is 129 cm³/mol. The molecule has 0 spiro atoms. The third-order valence-electron chi connectivity index (χ3n) is 5.48. The van der Waals surface area contributed by atoms with Crippen molar-refractivity contribution in [2.45, 2.75) is 50.2 Å². The van der Waals surface area contributed by atoms with E-state index in [1.165, 1.54) is 47.1 Å². The first-order valence-electron chi connectivity index (χ1n) is 10.8. The molecule has 1 aliphatic rings. The molecule has 0 radical (unpaired) electrons. The van der Waals surface area contributed by atoms with Gasteiger partial charge in [0, 0.05) is 13.1 Å². The van der Waals surface area contributed by atoms with Crippen molar-refractivity contribution in [2.75, 3.05) is 12.3 Å². The first-order valence-corrected chi connectivity index (χ1v) is 12.7. The Morgan fingerprint density at radius 3 is 2.84 bits per heavy atom. The number of thiophene rings is 1. The molecule has 0 bridgehead atoms. The Hall–Kier alpha value is -2.38. The highest BCUT2D eigenvalue weighted by Crippen LogP contribution is 2.22. The van der Waals surface area contributed by atoms with Crippen LogP contribution in [0.5, 0.6) is 0 Å². The zero-order valence-electron chi connectivity index (χ0n) is 17.5. The maximum absolute atomic E-state index is 13.0. The molecule has 0 saturated heterocycles. The molecule has 0 aliphatic heterocycles. The molecule has 7 heteroatoms. The second-order valence-corrected chi connectivity index (χ2v) is 9.58. The van der Waals surface area contributed by atoms with E-state index in [-0.39, 0.29) is 17.2 Å². The molecule has 1 aliphatic carbocycles. The molecule has 31 heavy (non-hydrogen) atoms. The van der Waals surface area contributed by atoms with Crippen molar-refractivity contribution in [3.05, 3.63) is 69.3 Å². The van der Waals surface area contributed by atoms with Crippen molar-refractivity contribution < 1.29 is 4.79 Å². The van der Waals surface area contributed by atoms with Gasteiger partial charge in [-0.15, -0.1) is 11.3 Å². The van der Waals surface area contributed by atoms with Crippen LogP contribution in [-0.2, 0) is 17.8 Å². The van der Waals surface area contributed by atoms with Gasteiger partial charge in [0.15, 0.2) is 5.16 Å². The molecule has 3 aromatic rings. The molecular formula is C24H27N3O2S2. The molecule has 0 saturated carbocycles. The summed E-state index contributed by atoms with van der Waals surface area (Å²) in [5, 5.41) is 5.51. The normalized spacial score (nSPS) is 13.9. The third kappa shape index (κ3) is 5.86. The van der Waals surface area contributed by atoms with Crippen LogP contribution in [-0.4, -0.2) is 27.8 Å². The minimum absolute atomic E-state index is 0.0179. The summed E-state index contributed by atoms with van der Waals surface area (Å²) in [6, 6.07) is 12.0. The maximum Gasteiger partial charge on any atom is 0.272 e. The number of aromatic nitrogens is 2. The lowest BCUT2D eigenvalue weighted by Gasteiger charge is -2.14. The highest BCUT2D eigenvalue weighted by Gasteiger charge is 2.14. The lowest BCUT2D eigenvalue weighted by atomic mass is 9.97. The van der Waals surface area contributed by atoms with E-state index in [1.807, 2.05) is 29.6 Å². The Bertz CT molecular complexity index is 1120. The molecule has 162 valence electrons. The summed E-state index contributed by atoms with van der Waals surface area (Å²) >= 11 is 2.76. The summed E-state index contributed by atoms with van der Waals surface area (Å²) in [5.74, 6) is 0.239. The fourth-order valence-corrected chi connectivity index (χ4v) is 5.43. The number of hydrogen-bond donors (Lipinski definition) is 1. The van der Waals surface area contributed by atoms with E-state index in [9.17, 15) is 9.59 Å². The minimum Gasteiger partial charge on any atom is -0.355 e. The number of allylic oxidation sites excluding steroid dienone is 1. The standard InChI is InChI=1S/C24H27N3O2S2/c28-21(25-14-11-18-7-3-1-4-8-18)17-31-24-26-20-13-16-30-22(20)23(29)27(24)15-12-19-9-5-2-6-10-19/h2,5-7,9-10,13,16H,1,3-4,8,11-12,14-15,17H2,(H,25,28). The number of carbonyl (C=O) groups excluding carboxylic acids is 1. The van der Waals surface area contributed by atoms with Gasteiger partial charge in [-0.05, 0) is 55.5 Å². The van der Waals surface area contributed by atoms with Crippen molar-refractivity contribution in [3.8, 4) is 0 Å².